The fraction of sp³-hybridized carbons (Fsp3) is 0.808. The summed E-state index contributed by atoms with van der Waals surface area (Å²) in [5.74, 6) is -2.43. The Balaban J connectivity index is 4.11. The molecule has 0 bridgehead atoms. The first-order valence-electron chi connectivity index (χ1n) is 13.7. The second-order valence-electron chi connectivity index (χ2n) is 9.23. The normalized spacial score (nSPS) is 14.6. The second-order valence-corrected chi connectivity index (χ2v) is 10.7. The van der Waals surface area contributed by atoms with E-state index < -0.39 is 57.6 Å². The number of carboxylic acids is 1. The Hall–Kier alpha value is -1.78. The summed E-state index contributed by atoms with van der Waals surface area (Å²) in [5.41, 5.74) is 0. The van der Waals surface area contributed by atoms with Gasteiger partial charge in [-0.25, -0.2) is 9.36 Å². The third-order valence-corrected chi connectivity index (χ3v) is 6.51. The number of rotatable bonds is 25. The molecule has 0 aliphatic carbocycles. The highest BCUT2D eigenvalue weighted by molar-refractivity contribution is 7.47. The Morgan fingerprint density at radius 2 is 1.39 bits per heavy atom. The molecule has 0 spiro atoms. The zero-order valence-electron chi connectivity index (χ0n) is 23.0. The predicted molar refractivity (Wildman–Crippen MR) is 143 cm³/mol. The summed E-state index contributed by atoms with van der Waals surface area (Å²) >= 11 is 0. The molecular weight excluding hydrogens is 517 g/mol. The summed E-state index contributed by atoms with van der Waals surface area (Å²) in [6, 6.07) is -1.54. The minimum absolute atomic E-state index is 0.136. The Kier molecular flexibility index (Phi) is 22.1. The van der Waals surface area contributed by atoms with Crippen LogP contribution in [0.3, 0.4) is 0 Å². The molecule has 0 heterocycles. The third kappa shape index (κ3) is 22.2. The van der Waals surface area contributed by atoms with Crippen LogP contribution in [0.1, 0.15) is 104 Å². The molecule has 4 N–H and O–H groups in total. The van der Waals surface area contributed by atoms with Crippen LogP contribution in [0.15, 0.2) is 12.2 Å². The van der Waals surface area contributed by atoms with Gasteiger partial charge in [-0.05, 0) is 38.5 Å². The zero-order valence-corrected chi connectivity index (χ0v) is 23.9. The van der Waals surface area contributed by atoms with Gasteiger partial charge >= 0.3 is 19.8 Å². The monoisotopic (exact) mass is 565 g/mol. The number of allylic oxidation sites excluding steroid dienone is 2. The van der Waals surface area contributed by atoms with Gasteiger partial charge < -0.3 is 25.2 Å². The number of aliphatic hydroxyl groups excluding tert-OH is 1. The Labute approximate surface area is 226 Å². The quantitative estimate of drug-likeness (QED) is 0.0529. The maximum Gasteiger partial charge on any atom is 0.472 e. The lowest BCUT2D eigenvalue weighted by molar-refractivity contribution is -0.147. The lowest BCUT2D eigenvalue weighted by Gasteiger charge is -2.18. The zero-order chi connectivity index (χ0) is 28.7. The van der Waals surface area contributed by atoms with Gasteiger partial charge in [-0.2, -0.15) is 0 Å². The van der Waals surface area contributed by atoms with E-state index in [-0.39, 0.29) is 12.8 Å². The minimum Gasteiger partial charge on any atom is -0.480 e. The van der Waals surface area contributed by atoms with Crippen LogP contribution in [-0.2, 0) is 32.7 Å². The van der Waals surface area contributed by atoms with Gasteiger partial charge in [-0.1, -0.05) is 64.5 Å². The molecule has 0 aliphatic rings. The highest BCUT2D eigenvalue weighted by atomic mass is 31.2. The number of phosphoric ester groups is 1. The van der Waals surface area contributed by atoms with Crippen molar-refractivity contribution in [1.82, 2.24) is 5.32 Å². The van der Waals surface area contributed by atoms with Crippen molar-refractivity contribution in [3.8, 4) is 0 Å². The van der Waals surface area contributed by atoms with Crippen LogP contribution in [0.2, 0.25) is 0 Å². The first kappa shape index (κ1) is 36.2. The first-order valence-corrected chi connectivity index (χ1v) is 15.2. The summed E-state index contributed by atoms with van der Waals surface area (Å²) in [6.07, 6.45) is 15.4. The number of aliphatic hydroxyl groups is 1. The highest BCUT2D eigenvalue weighted by Crippen LogP contribution is 2.43. The molecule has 0 fully saturated rings. The lowest BCUT2D eigenvalue weighted by Crippen LogP contribution is -2.43. The fourth-order valence-electron chi connectivity index (χ4n) is 3.28. The van der Waals surface area contributed by atoms with Crippen LogP contribution in [0.5, 0.6) is 0 Å². The second kappa shape index (κ2) is 23.1. The molecule has 0 aliphatic heterocycles. The molecule has 11 nitrogen and oxygen atoms in total. The molecule has 38 heavy (non-hydrogen) atoms. The Bertz CT molecular complexity index is 731. The Morgan fingerprint density at radius 3 is 2.03 bits per heavy atom. The number of nitrogens with one attached hydrogen (secondary N) is 1. The number of unbranched alkanes of at least 4 members (excludes halogenated alkanes) is 9. The number of carbonyl (C=O) groups excluding carboxylic acids is 2. The highest BCUT2D eigenvalue weighted by Gasteiger charge is 2.28. The largest absolute Gasteiger partial charge is 0.480 e. The molecule has 0 aromatic carbocycles. The fourth-order valence-corrected chi connectivity index (χ4v) is 4.06. The van der Waals surface area contributed by atoms with Crippen LogP contribution in [0, 0.1) is 0 Å². The van der Waals surface area contributed by atoms with Crippen molar-refractivity contribution in [3.05, 3.63) is 12.2 Å². The number of phosphoric acid groups is 1. The van der Waals surface area contributed by atoms with E-state index in [9.17, 15) is 34.1 Å². The number of carboxylic acid groups (broad SMARTS) is 1. The summed E-state index contributed by atoms with van der Waals surface area (Å²) in [7, 11) is -4.72. The molecule has 12 heteroatoms. The van der Waals surface area contributed by atoms with Crippen LogP contribution in [-0.4, -0.2) is 64.9 Å². The van der Waals surface area contributed by atoms with E-state index in [1.165, 1.54) is 19.3 Å². The molecule has 0 saturated carbocycles. The molecule has 3 atom stereocenters. The van der Waals surface area contributed by atoms with Gasteiger partial charge in [0.1, 0.15) is 12.7 Å². The minimum atomic E-state index is -4.72. The topological polar surface area (TPSA) is 169 Å². The molecule has 0 aromatic heterocycles. The number of carbonyl (C=O) groups is 3. The molecule has 0 aromatic rings. The Morgan fingerprint density at radius 1 is 0.816 bits per heavy atom. The van der Waals surface area contributed by atoms with E-state index in [1.807, 2.05) is 6.92 Å². The molecule has 0 saturated heterocycles. The van der Waals surface area contributed by atoms with Gasteiger partial charge in [-0.3, -0.25) is 18.6 Å². The van der Waals surface area contributed by atoms with Gasteiger partial charge in [0.2, 0.25) is 5.91 Å². The van der Waals surface area contributed by atoms with Crippen molar-refractivity contribution in [1.29, 1.82) is 0 Å². The van der Waals surface area contributed by atoms with Crippen molar-refractivity contribution >= 4 is 25.7 Å². The summed E-state index contributed by atoms with van der Waals surface area (Å²) in [4.78, 5) is 44.7. The number of hydrogen-bond donors (Lipinski definition) is 4. The maximum absolute atomic E-state index is 12.1. The third-order valence-electron chi connectivity index (χ3n) is 5.55. The van der Waals surface area contributed by atoms with Crippen LogP contribution < -0.4 is 5.32 Å². The van der Waals surface area contributed by atoms with Crippen molar-refractivity contribution in [2.24, 2.45) is 0 Å². The molecule has 3 unspecified atom stereocenters. The summed E-state index contributed by atoms with van der Waals surface area (Å²) in [5, 5.41) is 21.3. The maximum atomic E-state index is 12.1. The van der Waals surface area contributed by atoms with Crippen molar-refractivity contribution in [3.63, 3.8) is 0 Å². The summed E-state index contributed by atoms with van der Waals surface area (Å²) < 4.78 is 26.1. The van der Waals surface area contributed by atoms with Crippen LogP contribution in [0.4, 0.5) is 0 Å². The van der Waals surface area contributed by atoms with E-state index in [4.69, 9.17) is 4.74 Å². The van der Waals surface area contributed by atoms with Crippen molar-refractivity contribution < 1.29 is 47.8 Å². The van der Waals surface area contributed by atoms with E-state index in [0.717, 1.165) is 44.9 Å². The van der Waals surface area contributed by atoms with Crippen LogP contribution in [0.25, 0.3) is 0 Å². The lowest BCUT2D eigenvalue weighted by atomic mass is 10.1. The van der Waals surface area contributed by atoms with Gasteiger partial charge in [0.05, 0.1) is 13.2 Å². The first-order chi connectivity index (χ1) is 18.1. The number of amides is 1. The average Bonchev–Trinajstić information content (AvgIpc) is 2.87. The van der Waals surface area contributed by atoms with Gasteiger partial charge in [0.25, 0.3) is 0 Å². The van der Waals surface area contributed by atoms with E-state index in [0.29, 0.717) is 12.8 Å². The smallest absolute Gasteiger partial charge is 0.472 e. The van der Waals surface area contributed by atoms with Gasteiger partial charge in [-0.15, -0.1) is 0 Å². The molecule has 0 rings (SSSR count). The molecule has 1 amide bonds. The van der Waals surface area contributed by atoms with Gasteiger partial charge in [0.15, 0.2) is 6.04 Å². The van der Waals surface area contributed by atoms with E-state index >= 15 is 0 Å². The number of aliphatic carboxylic acids is 1. The summed E-state index contributed by atoms with van der Waals surface area (Å²) in [6.45, 7) is 2.20. The molecular formula is C26H48NO10P. The van der Waals surface area contributed by atoms with Crippen LogP contribution >= 0.6 is 7.82 Å². The number of esters is 1. The average molecular weight is 566 g/mol. The van der Waals surface area contributed by atoms with Crippen molar-refractivity contribution in [2.75, 3.05) is 19.8 Å². The van der Waals surface area contributed by atoms with E-state index in [1.54, 1.807) is 0 Å². The number of hydrogen-bond acceptors (Lipinski definition) is 8. The predicted octanol–water partition coefficient (Wildman–Crippen LogP) is 4.65. The number of ether oxygens (including phenoxy) is 1. The van der Waals surface area contributed by atoms with E-state index in [2.05, 4.69) is 33.4 Å². The van der Waals surface area contributed by atoms with Crippen molar-refractivity contribution in [2.45, 2.75) is 116 Å². The molecule has 222 valence electrons. The molecule has 0 radical (unpaired) electrons. The standard InChI is InChI=1S/C26H48NO10P/c1-3-5-7-8-9-10-11-12-13-14-15-16-17-24(29)27-23(26(31)32)21-37-38(33,34)36-20-22(28)19-35-25(30)18-6-4-2/h9-10,22-23,28H,3-8,11-21H2,1-2H3,(H,27,29)(H,31,32)(H,33,34)/b10-9-. The van der Waals surface area contributed by atoms with Gasteiger partial charge in [0, 0.05) is 12.8 Å². The SMILES string of the molecule is CCCCC/C=C\CCCCCCCC(=O)NC(COP(=O)(O)OCC(O)COC(=O)CCCC)C(=O)O.